The Hall–Kier alpha value is -5.17. The van der Waals surface area contributed by atoms with Crippen molar-refractivity contribution in [1.29, 1.82) is 0 Å². The number of fused-ring (bicyclic) bond motifs is 1. The molecule has 1 aliphatic carbocycles. The number of halogens is 2. The molecule has 13 heteroatoms. The summed E-state index contributed by atoms with van der Waals surface area (Å²) in [5.41, 5.74) is 1.19. The van der Waals surface area contributed by atoms with Crippen molar-refractivity contribution in [3.8, 4) is 28.3 Å². The smallest absolute Gasteiger partial charge is 0.330 e. The van der Waals surface area contributed by atoms with Crippen LogP contribution < -0.4 is 31.9 Å². The Morgan fingerprint density at radius 3 is 2.60 bits per heavy atom. The standard InChI is InChI=1S/C34H34F2N6O5/c1-17-20(6-5-7-24(17)39-31(44)22-16-41(2)34(46)42(3)33(22)45)21-10-11-23(35)29(30(21)36)26-14-18-8-12-25(28(18)32(40-26)47-4)37-15-19-9-13-27(43)38-19/h5-7,10-11,14,16,19,25,37H,8-9,12-13,15H2,1-4H3,(H,38,43)(H,39,44)/t19-,25-/m0/s1. The van der Waals surface area contributed by atoms with Crippen molar-refractivity contribution in [3.63, 3.8) is 0 Å². The van der Waals surface area contributed by atoms with Gasteiger partial charge in [-0.25, -0.2) is 18.6 Å². The molecule has 1 fully saturated rings. The molecule has 2 aromatic carbocycles. The van der Waals surface area contributed by atoms with Crippen LogP contribution in [-0.4, -0.2) is 45.6 Å². The highest BCUT2D eigenvalue weighted by molar-refractivity contribution is 6.04. The molecular formula is C34H34F2N6O5. The van der Waals surface area contributed by atoms with Gasteiger partial charge in [0.1, 0.15) is 17.2 Å². The molecule has 2 amide bonds. The Morgan fingerprint density at radius 1 is 1.09 bits per heavy atom. The molecule has 0 saturated carbocycles. The Balaban J connectivity index is 1.32. The van der Waals surface area contributed by atoms with Gasteiger partial charge in [-0.1, -0.05) is 12.1 Å². The minimum absolute atomic E-state index is 0.0406. The molecule has 6 rings (SSSR count). The molecule has 0 unspecified atom stereocenters. The number of anilines is 1. The first-order valence-corrected chi connectivity index (χ1v) is 15.2. The van der Waals surface area contributed by atoms with Crippen molar-refractivity contribution in [3.05, 3.63) is 97.3 Å². The van der Waals surface area contributed by atoms with E-state index in [1.165, 1.54) is 33.3 Å². The summed E-state index contributed by atoms with van der Waals surface area (Å²) in [4.78, 5) is 53.9. The number of carbonyl (C=O) groups excluding carboxylic acids is 2. The number of carbonyl (C=O) groups is 2. The van der Waals surface area contributed by atoms with Crippen LogP contribution in [0.15, 0.2) is 52.2 Å². The highest BCUT2D eigenvalue weighted by Crippen LogP contribution is 2.42. The zero-order valence-corrected chi connectivity index (χ0v) is 26.4. The lowest BCUT2D eigenvalue weighted by atomic mass is 9.95. The molecule has 244 valence electrons. The maximum atomic E-state index is 16.4. The Morgan fingerprint density at radius 2 is 1.87 bits per heavy atom. The monoisotopic (exact) mass is 644 g/mol. The molecule has 1 aliphatic heterocycles. The van der Waals surface area contributed by atoms with E-state index in [1.54, 1.807) is 31.2 Å². The minimum Gasteiger partial charge on any atom is -0.481 e. The fourth-order valence-corrected chi connectivity index (χ4v) is 6.42. The van der Waals surface area contributed by atoms with E-state index in [0.29, 0.717) is 36.2 Å². The summed E-state index contributed by atoms with van der Waals surface area (Å²) in [5, 5.41) is 9.12. The average molecular weight is 645 g/mol. The van der Waals surface area contributed by atoms with Crippen LogP contribution in [0, 0.1) is 18.6 Å². The van der Waals surface area contributed by atoms with Crippen LogP contribution in [-0.2, 0) is 25.3 Å². The molecule has 0 bridgehead atoms. The molecule has 0 radical (unpaired) electrons. The van der Waals surface area contributed by atoms with Gasteiger partial charge in [-0.05, 0) is 67.1 Å². The molecule has 3 heterocycles. The van der Waals surface area contributed by atoms with Gasteiger partial charge in [0.25, 0.3) is 11.5 Å². The second-order valence-corrected chi connectivity index (χ2v) is 11.9. The maximum absolute atomic E-state index is 16.4. The second kappa shape index (κ2) is 12.6. The normalized spacial score (nSPS) is 17.0. The van der Waals surface area contributed by atoms with E-state index in [0.717, 1.165) is 39.3 Å². The van der Waals surface area contributed by atoms with E-state index >= 15 is 8.78 Å². The third-order valence-corrected chi connectivity index (χ3v) is 8.96. The number of pyridine rings is 1. The van der Waals surface area contributed by atoms with Crippen LogP contribution in [0.25, 0.3) is 22.4 Å². The quantitative estimate of drug-likeness (QED) is 0.267. The lowest BCUT2D eigenvalue weighted by molar-refractivity contribution is -0.119. The van der Waals surface area contributed by atoms with Gasteiger partial charge in [0.2, 0.25) is 11.8 Å². The third-order valence-electron chi connectivity index (χ3n) is 8.96. The number of ether oxygens (including phenoxy) is 1. The number of hydrogen-bond donors (Lipinski definition) is 3. The molecule has 0 spiro atoms. The van der Waals surface area contributed by atoms with Crippen LogP contribution >= 0.6 is 0 Å². The first kappa shape index (κ1) is 31.8. The molecule has 3 N–H and O–H groups in total. The van der Waals surface area contributed by atoms with E-state index in [-0.39, 0.29) is 46.3 Å². The van der Waals surface area contributed by atoms with Gasteiger partial charge in [-0.15, -0.1) is 0 Å². The average Bonchev–Trinajstić information content (AvgIpc) is 3.67. The van der Waals surface area contributed by atoms with Gasteiger partial charge < -0.3 is 25.3 Å². The van der Waals surface area contributed by atoms with Gasteiger partial charge in [0.05, 0.1) is 18.4 Å². The fourth-order valence-electron chi connectivity index (χ4n) is 6.42. The molecule has 11 nitrogen and oxygen atoms in total. The number of amides is 2. The summed E-state index contributed by atoms with van der Waals surface area (Å²) in [5.74, 6) is -2.05. The van der Waals surface area contributed by atoms with E-state index in [9.17, 15) is 19.2 Å². The molecule has 2 aromatic heterocycles. The zero-order valence-electron chi connectivity index (χ0n) is 26.4. The molecule has 4 aromatic rings. The SMILES string of the molecule is COc1nc(-c2c(F)ccc(-c3cccc(NC(=O)c4cn(C)c(=O)n(C)c4=O)c3C)c2F)cc2c1[C@@H](NC[C@@H]1CCC(=O)N1)CC2. The number of nitrogens with zero attached hydrogens (tertiary/aromatic N) is 3. The molecular weight excluding hydrogens is 610 g/mol. The summed E-state index contributed by atoms with van der Waals surface area (Å²) in [6, 6.07) is 9.03. The number of methoxy groups -OCH3 is 1. The second-order valence-electron chi connectivity index (χ2n) is 11.9. The van der Waals surface area contributed by atoms with Crippen LogP contribution in [0.2, 0.25) is 0 Å². The topological polar surface area (TPSA) is 136 Å². The number of benzene rings is 2. The predicted molar refractivity (Wildman–Crippen MR) is 171 cm³/mol. The van der Waals surface area contributed by atoms with Crippen LogP contribution in [0.1, 0.15) is 52.4 Å². The van der Waals surface area contributed by atoms with Crippen molar-refractivity contribution in [1.82, 2.24) is 24.8 Å². The molecule has 2 aliphatic rings. The number of rotatable bonds is 8. The van der Waals surface area contributed by atoms with Crippen LogP contribution in [0.3, 0.4) is 0 Å². The molecule has 2 atom stereocenters. The van der Waals surface area contributed by atoms with Gasteiger partial charge in [-0.2, -0.15) is 0 Å². The summed E-state index contributed by atoms with van der Waals surface area (Å²) in [6.07, 6.45) is 3.83. The van der Waals surface area contributed by atoms with Gasteiger partial charge in [-0.3, -0.25) is 19.0 Å². The van der Waals surface area contributed by atoms with E-state index in [2.05, 4.69) is 20.9 Å². The van der Waals surface area contributed by atoms with Crippen molar-refractivity contribution >= 4 is 17.5 Å². The Bertz CT molecular complexity index is 2060. The van der Waals surface area contributed by atoms with Gasteiger partial charge in [0, 0.05) is 62.2 Å². The van der Waals surface area contributed by atoms with Crippen molar-refractivity contribution in [2.45, 2.75) is 44.7 Å². The van der Waals surface area contributed by atoms with E-state index < -0.39 is 28.8 Å². The van der Waals surface area contributed by atoms with Crippen LogP contribution in [0.4, 0.5) is 14.5 Å². The fraction of sp³-hybridized carbons (Fsp3) is 0.324. The number of hydrogen-bond acceptors (Lipinski definition) is 7. The highest BCUT2D eigenvalue weighted by Gasteiger charge is 2.31. The Kier molecular flexibility index (Phi) is 8.49. The number of aryl methyl sites for hydroxylation is 2. The summed E-state index contributed by atoms with van der Waals surface area (Å²) in [6.45, 7) is 2.26. The first-order chi connectivity index (χ1) is 22.5. The van der Waals surface area contributed by atoms with Gasteiger partial charge in [0.15, 0.2) is 0 Å². The lowest BCUT2D eigenvalue weighted by Gasteiger charge is -2.20. The van der Waals surface area contributed by atoms with E-state index in [1.807, 2.05) is 0 Å². The van der Waals surface area contributed by atoms with Crippen molar-refractivity contribution < 1.29 is 23.1 Å². The number of nitrogens with one attached hydrogen (secondary N) is 3. The minimum atomic E-state index is -0.831. The van der Waals surface area contributed by atoms with E-state index in [4.69, 9.17) is 4.74 Å². The highest BCUT2D eigenvalue weighted by atomic mass is 19.1. The first-order valence-electron chi connectivity index (χ1n) is 15.2. The zero-order chi connectivity index (χ0) is 33.6. The maximum Gasteiger partial charge on any atom is 0.330 e. The largest absolute Gasteiger partial charge is 0.481 e. The van der Waals surface area contributed by atoms with Crippen molar-refractivity contribution in [2.75, 3.05) is 19.0 Å². The summed E-state index contributed by atoms with van der Waals surface area (Å²) in [7, 11) is 4.18. The number of aromatic nitrogens is 3. The predicted octanol–water partition coefficient (Wildman–Crippen LogP) is 3.52. The van der Waals surface area contributed by atoms with Crippen molar-refractivity contribution in [2.24, 2.45) is 14.1 Å². The molecule has 1 saturated heterocycles. The van der Waals surface area contributed by atoms with Gasteiger partial charge >= 0.3 is 5.69 Å². The third kappa shape index (κ3) is 5.82. The van der Waals surface area contributed by atoms with Crippen LogP contribution in [0.5, 0.6) is 5.88 Å². The Labute approximate surface area is 268 Å². The summed E-state index contributed by atoms with van der Waals surface area (Å²) >= 11 is 0. The molecule has 47 heavy (non-hydrogen) atoms. The summed E-state index contributed by atoms with van der Waals surface area (Å²) < 4.78 is 39.4. The lowest BCUT2D eigenvalue weighted by Crippen LogP contribution is -2.40.